The molecule has 0 fully saturated rings. The molecule has 0 aliphatic rings. The number of nitrogens with one attached hydrogen (secondary N) is 1. The first kappa shape index (κ1) is 17.2. The zero-order valence-electron chi connectivity index (χ0n) is 15.2. The van der Waals surface area contributed by atoms with Gasteiger partial charge in [0.2, 0.25) is 0 Å². The van der Waals surface area contributed by atoms with Crippen LogP contribution in [0.15, 0.2) is 35.1 Å². The summed E-state index contributed by atoms with van der Waals surface area (Å²) in [5.41, 5.74) is 2.09. The molecule has 6 nitrogen and oxygen atoms in total. The Morgan fingerprint density at radius 1 is 1.32 bits per heavy atom. The zero-order chi connectivity index (χ0) is 18.0. The Balaban J connectivity index is 1.60. The lowest BCUT2D eigenvalue weighted by molar-refractivity contribution is 0.0949. The quantitative estimate of drug-likeness (QED) is 0.723. The molecule has 0 unspecified atom stereocenters. The van der Waals surface area contributed by atoms with Gasteiger partial charge < -0.3 is 14.2 Å². The number of imidazole rings is 1. The molecule has 0 aliphatic carbocycles. The molecule has 0 radical (unpaired) electrons. The van der Waals surface area contributed by atoms with E-state index in [1.54, 1.807) is 6.92 Å². The number of hydrogen-bond donors (Lipinski definition) is 1. The standard InChI is InChI=1S/C19H24N4O2/c1-13-16(17(22-25-13)19(2,3)4)18(24)20-10-7-9-15-21-12-14-8-5-6-11-23(14)15/h5-6,8,11-12H,7,9-10H2,1-4H3,(H,20,24). The van der Waals surface area contributed by atoms with Gasteiger partial charge >= 0.3 is 0 Å². The number of carbonyl (C=O) groups excluding carboxylic acids is 1. The topological polar surface area (TPSA) is 72.4 Å². The van der Waals surface area contributed by atoms with Gasteiger partial charge in [0.05, 0.1) is 11.7 Å². The van der Waals surface area contributed by atoms with Crippen molar-refractivity contribution in [2.75, 3.05) is 6.54 Å². The number of carbonyl (C=O) groups is 1. The number of hydrogen-bond acceptors (Lipinski definition) is 4. The highest BCUT2D eigenvalue weighted by molar-refractivity contribution is 5.96. The summed E-state index contributed by atoms with van der Waals surface area (Å²) in [5.74, 6) is 1.43. The summed E-state index contributed by atoms with van der Waals surface area (Å²) in [5, 5.41) is 7.03. The molecule has 25 heavy (non-hydrogen) atoms. The van der Waals surface area contributed by atoms with E-state index in [4.69, 9.17) is 4.52 Å². The maximum absolute atomic E-state index is 12.5. The minimum absolute atomic E-state index is 0.128. The first-order valence-corrected chi connectivity index (χ1v) is 8.54. The van der Waals surface area contributed by atoms with Crippen molar-refractivity contribution in [3.63, 3.8) is 0 Å². The molecule has 0 bridgehead atoms. The molecular formula is C19H24N4O2. The second kappa shape index (κ2) is 6.70. The zero-order valence-corrected chi connectivity index (χ0v) is 15.2. The average molecular weight is 340 g/mol. The van der Waals surface area contributed by atoms with Crippen molar-refractivity contribution in [2.24, 2.45) is 0 Å². The van der Waals surface area contributed by atoms with Crippen LogP contribution in [-0.2, 0) is 11.8 Å². The van der Waals surface area contributed by atoms with Gasteiger partial charge in [-0.1, -0.05) is 32.0 Å². The van der Waals surface area contributed by atoms with E-state index in [2.05, 4.69) is 19.9 Å². The third-order valence-electron chi connectivity index (χ3n) is 4.18. The van der Waals surface area contributed by atoms with Crippen molar-refractivity contribution in [2.45, 2.75) is 46.0 Å². The first-order chi connectivity index (χ1) is 11.9. The summed E-state index contributed by atoms with van der Waals surface area (Å²) >= 11 is 0. The molecule has 1 N–H and O–H groups in total. The van der Waals surface area contributed by atoms with Crippen LogP contribution in [0, 0.1) is 6.92 Å². The highest BCUT2D eigenvalue weighted by atomic mass is 16.5. The highest BCUT2D eigenvalue weighted by Gasteiger charge is 2.28. The van der Waals surface area contributed by atoms with Crippen molar-refractivity contribution in [3.8, 4) is 0 Å². The Kier molecular flexibility index (Phi) is 4.61. The van der Waals surface area contributed by atoms with E-state index in [0.29, 0.717) is 23.6 Å². The molecule has 132 valence electrons. The third-order valence-corrected chi connectivity index (χ3v) is 4.18. The second-order valence-corrected chi connectivity index (χ2v) is 7.24. The van der Waals surface area contributed by atoms with Gasteiger partial charge in [-0.25, -0.2) is 4.98 Å². The van der Waals surface area contributed by atoms with Crippen molar-refractivity contribution >= 4 is 11.4 Å². The van der Waals surface area contributed by atoms with Crippen LogP contribution in [-0.4, -0.2) is 27.0 Å². The maximum Gasteiger partial charge on any atom is 0.256 e. The normalized spacial score (nSPS) is 11.8. The molecule has 0 aromatic carbocycles. The fourth-order valence-electron chi connectivity index (χ4n) is 2.87. The van der Waals surface area contributed by atoms with Gasteiger partial charge in [-0.05, 0) is 25.5 Å². The molecule has 3 aromatic rings. The van der Waals surface area contributed by atoms with Crippen LogP contribution in [0.1, 0.15) is 54.8 Å². The van der Waals surface area contributed by atoms with Gasteiger partial charge in [-0.2, -0.15) is 0 Å². The summed E-state index contributed by atoms with van der Waals surface area (Å²) in [6.45, 7) is 8.40. The maximum atomic E-state index is 12.5. The summed E-state index contributed by atoms with van der Waals surface area (Å²) in [7, 11) is 0. The van der Waals surface area contributed by atoms with E-state index in [0.717, 1.165) is 24.2 Å². The molecule has 0 saturated heterocycles. The van der Waals surface area contributed by atoms with Crippen LogP contribution in [0.2, 0.25) is 0 Å². The number of fused-ring (bicyclic) bond motifs is 1. The largest absolute Gasteiger partial charge is 0.361 e. The fraction of sp³-hybridized carbons (Fsp3) is 0.421. The van der Waals surface area contributed by atoms with Gasteiger partial charge in [0.15, 0.2) is 0 Å². The van der Waals surface area contributed by atoms with E-state index >= 15 is 0 Å². The van der Waals surface area contributed by atoms with Gasteiger partial charge in [0, 0.05) is 24.6 Å². The molecule has 1 amide bonds. The van der Waals surface area contributed by atoms with E-state index in [-0.39, 0.29) is 11.3 Å². The Hall–Kier alpha value is -2.63. The van der Waals surface area contributed by atoms with Crippen molar-refractivity contribution in [3.05, 3.63) is 53.4 Å². The van der Waals surface area contributed by atoms with Gasteiger partial charge in [-0.15, -0.1) is 0 Å². The lowest BCUT2D eigenvalue weighted by atomic mass is 9.88. The fourth-order valence-corrected chi connectivity index (χ4v) is 2.87. The van der Waals surface area contributed by atoms with E-state index in [1.165, 1.54) is 0 Å². The summed E-state index contributed by atoms with van der Waals surface area (Å²) < 4.78 is 7.31. The van der Waals surface area contributed by atoms with Gasteiger partial charge in [-0.3, -0.25) is 4.79 Å². The summed E-state index contributed by atoms with van der Waals surface area (Å²) in [6, 6.07) is 6.01. The molecule has 6 heteroatoms. The number of amides is 1. The highest BCUT2D eigenvalue weighted by Crippen LogP contribution is 2.26. The van der Waals surface area contributed by atoms with E-state index in [9.17, 15) is 4.79 Å². The number of rotatable bonds is 5. The van der Waals surface area contributed by atoms with Gasteiger partial charge in [0.25, 0.3) is 5.91 Å². The Labute approximate surface area is 147 Å². The number of nitrogens with zero attached hydrogens (tertiary/aromatic N) is 3. The van der Waals surface area contributed by atoms with Crippen LogP contribution in [0.5, 0.6) is 0 Å². The third kappa shape index (κ3) is 3.57. The number of aromatic nitrogens is 3. The van der Waals surface area contributed by atoms with Crippen LogP contribution in [0.4, 0.5) is 0 Å². The van der Waals surface area contributed by atoms with Crippen LogP contribution < -0.4 is 5.32 Å². The van der Waals surface area contributed by atoms with Crippen molar-refractivity contribution < 1.29 is 9.32 Å². The smallest absolute Gasteiger partial charge is 0.256 e. The molecule has 3 rings (SSSR count). The molecule has 0 spiro atoms. The van der Waals surface area contributed by atoms with Crippen LogP contribution in [0.3, 0.4) is 0 Å². The SMILES string of the molecule is Cc1onc(C(C)(C)C)c1C(=O)NCCCc1ncc2ccccn12. The number of aryl methyl sites for hydroxylation is 2. The van der Waals surface area contributed by atoms with Crippen LogP contribution in [0.25, 0.3) is 5.52 Å². The molecule has 3 heterocycles. The molecule has 3 aromatic heterocycles. The minimum atomic E-state index is -0.237. The Bertz CT molecular complexity index is 886. The first-order valence-electron chi connectivity index (χ1n) is 8.54. The average Bonchev–Trinajstić information content (AvgIpc) is 3.15. The van der Waals surface area contributed by atoms with Crippen molar-refractivity contribution in [1.82, 2.24) is 19.9 Å². The summed E-state index contributed by atoms with van der Waals surface area (Å²) in [4.78, 5) is 17.0. The Morgan fingerprint density at radius 3 is 2.88 bits per heavy atom. The Morgan fingerprint density at radius 2 is 2.12 bits per heavy atom. The minimum Gasteiger partial charge on any atom is -0.361 e. The molecule has 0 saturated carbocycles. The van der Waals surface area contributed by atoms with Crippen LogP contribution >= 0.6 is 0 Å². The lowest BCUT2D eigenvalue weighted by Crippen LogP contribution is -2.28. The monoisotopic (exact) mass is 340 g/mol. The van der Waals surface area contributed by atoms with E-state index < -0.39 is 0 Å². The summed E-state index contributed by atoms with van der Waals surface area (Å²) in [6.07, 6.45) is 5.48. The molecule has 0 atom stereocenters. The number of pyridine rings is 1. The van der Waals surface area contributed by atoms with E-state index in [1.807, 2.05) is 51.4 Å². The second-order valence-electron chi connectivity index (χ2n) is 7.24. The molecular weight excluding hydrogens is 316 g/mol. The van der Waals surface area contributed by atoms with Gasteiger partial charge in [0.1, 0.15) is 22.8 Å². The van der Waals surface area contributed by atoms with Crippen molar-refractivity contribution in [1.29, 1.82) is 0 Å². The lowest BCUT2D eigenvalue weighted by Gasteiger charge is -2.16. The predicted octanol–water partition coefficient (Wildman–Crippen LogP) is 3.29. The predicted molar refractivity (Wildman–Crippen MR) is 95.8 cm³/mol. The molecule has 0 aliphatic heterocycles.